The Bertz CT molecular complexity index is 354. The third-order valence-corrected chi connectivity index (χ3v) is 3.44. The minimum absolute atomic E-state index is 0.594. The Kier molecular flexibility index (Phi) is 3.10. The first-order chi connectivity index (χ1) is 7.20. The number of rotatable bonds is 2. The van der Waals surface area contributed by atoms with E-state index in [2.05, 4.69) is 14.9 Å². The molecule has 1 saturated heterocycles. The van der Waals surface area contributed by atoms with Gasteiger partial charge in [-0.1, -0.05) is 0 Å². The van der Waals surface area contributed by atoms with Crippen LogP contribution in [0, 0.1) is 19.8 Å². The van der Waals surface area contributed by atoms with Gasteiger partial charge in [0.1, 0.15) is 0 Å². The molecule has 1 aliphatic heterocycles. The SMILES string of the molecule is Cc1cnc(N2CCC(CCl)C2)nc1C. The van der Waals surface area contributed by atoms with Crippen molar-refractivity contribution in [3.63, 3.8) is 0 Å². The van der Waals surface area contributed by atoms with Crippen molar-refractivity contribution in [2.45, 2.75) is 20.3 Å². The van der Waals surface area contributed by atoms with Gasteiger partial charge in [-0.25, -0.2) is 9.97 Å². The highest BCUT2D eigenvalue weighted by Gasteiger charge is 2.23. The van der Waals surface area contributed by atoms with Crippen LogP contribution in [0.4, 0.5) is 5.95 Å². The largest absolute Gasteiger partial charge is 0.340 e. The molecule has 1 aliphatic rings. The van der Waals surface area contributed by atoms with Gasteiger partial charge in [-0.05, 0) is 31.7 Å². The summed E-state index contributed by atoms with van der Waals surface area (Å²) in [5.41, 5.74) is 2.21. The van der Waals surface area contributed by atoms with Gasteiger partial charge in [0.25, 0.3) is 0 Å². The van der Waals surface area contributed by atoms with Crippen LogP contribution in [0.5, 0.6) is 0 Å². The summed E-state index contributed by atoms with van der Waals surface area (Å²) in [6, 6.07) is 0. The molecule has 1 unspecified atom stereocenters. The number of hydrogen-bond acceptors (Lipinski definition) is 3. The summed E-state index contributed by atoms with van der Waals surface area (Å²) in [7, 11) is 0. The van der Waals surface area contributed by atoms with Crippen LogP contribution in [0.1, 0.15) is 17.7 Å². The van der Waals surface area contributed by atoms with Crippen molar-refractivity contribution in [1.82, 2.24) is 9.97 Å². The Morgan fingerprint density at radius 2 is 2.33 bits per heavy atom. The lowest BCUT2D eigenvalue weighted by molar-refractivity contribution is 0.665. The number of hydrogen-bond donors (Lipinski definition) is 0. The maximum atomic E-state index is 5.85. The highest BCUT2D eigenvalue weighted by atomic mass is 35.5. The summed E-state index contributed by atoms with van der Waals surface area (Å²) in [4.78, 5) is 11.1. The molecule has 0 radical (unpaired) electrons. The summed E-state index contributed by atoms with van der Waals surface area (Å²) >= 11 is 5.85. The van der Waals surface area contributed by atoms with Gasteiger partial charge in [-0.2, -0.15) is 0 Å². The molecule has 1 aromatic rings. The summed E-state index contributed by atoms with van der Waals surface area (Å²) < 4.78 is 0. The standard InChI is InChI=1S/C11H16ClN3/c1-8-6-13-11(14-9(8)2)15-4-3-10(5-12)7-15/h6,10H,3-5,7H2,1-2H3. The lowest BCUT2D eigenvalue weighted by Gasteiger charge is -2.16. The lowest BCUT2D eigenvalue weighted by atomic mass is 10.2. The number of aryl methyl sites for hydroxylation is 2. The van der Waals surface area contributed by atoms with Crippen LogP contribution in [0.15, 0.2) is 6.20 Å². The van der Waals surface area contributed by atoms with E-state index in [0.29, 0.717) is 5.92 Å². The van der Waals surface area contributed by atoms with E-state index in [1.54, 1.807) is 0 Å². The van der Waals surface area contributed by atoms with Gasteiger partial charge in [0.05, 0.1) is 0 Å². The molecule has 0 saturated carbocycles. The molecule has 0 aliphatic carbocycles. The number of alkyl halides is 1. The van der Waals surface area contributed by atoms with E-state index in [0.717, 1.165) is 42.6 Å². The molecule has 0 aromatic carbocycles. The Hall–Kier alpha value is -0.830. The maximum Gasteiger partial charge on any atom is 0.225 e. The number of nitrogens with zero attached hydrogens (tertiary/aromatic N) is 3. The third-order valence-electron chi connectivity index (χ3n) is 3.00. The van der Waals surface area contributed by atoms with Crippen LogP contribution in [0.2, 0.25) is 0 Å². The fourth-order valence-electron chi connectivity index (χ4n) is 1.81. The van der Waals surface area contributed by atoms with Gasteiger partial charge in [-0.15, -0.1) is 11.6 Å². The molecule has 0 amide bonds. The van der Waals surface area contributed by atoms with Gasteiger partial charge < -0.3 is 4.90 Å². The average Bonchev–Trinajstić information content (AvgIpc) is 2.70. The molecule has 82 valence electrons. The third kappa shape index (κ3) is 2.23. The number of anilines is 1. The molecule has 0 N–H and O–H groups in total. The first-order valence-electron chi connectivity index (χ1n) is 5.32. The predicted molar refractivity (Wildman–Crippen MR) is 62.5 cm³/mol. The van der Waals surface area contributed by atoms with Crippen LogP contribution in [-0.4, -0.2) is 28.9 Å². The van der Waals surface area contributed by atoms with E-state index >= 15 is 0 Å². The van der Waals surface area contributed by atoms with Crippen LogP contribution >= 0.6 is 11.6 Å². The Balaban J connectivity index is 2.13. The van der Waals surface area contributed by atoms with Gasteiger partial charge in [0.15, 0.2) is 0 Å². The summed E-state index contributed by atoms with van der Waals surface area (Å²) in [5.74, 6) is 2.18. The lowest BCUT2D eigenvalue weighted by Crippen LogP contribution is -2.22. The van der Waals surface area contributed by atoms with Crippen molar-refractivity contribution < 1.29 is 0 Å². The summed E-state index contributed by atoms with van der Waals surface area (Å²) in [5, 5.41) is 0. The summed E-state index contributed by atoms with van der Waals surface area (Å²) in [6.07, 6.45) is 3.05. The molecule has 1 aromatic heterocycles. The highest BCUT2D eigenvalue weighted by molar-refractivity contribution is 6.18. The molecule has 15 heavy (non-hydrogen) atoms. The zero-order chi connectivity index (χ0) is 10.8. The van der Waals surface area contributed by atoms with E-state index in [4.69, 9.17) is 11.6 Å². The molecule has 2 heterocycles. The number of halogens is 1. The molecule has 4 heteroatoms. The first-order valence-corrected chi connectivity index (χ1v) is 5.85. The molecule has 3 nitrogen and oxygen atoms in total. The quantitative estimate of drug-likeness (QED) is 0.723. The van der Waals surface area contributed by atoms with E-state index in [1.165, 1.54) is 0 Å². The number of aromatic nitrogens is 2. The van der Waals surface area contributed by atoms with E-state index in [1.807, 2.05) is 20.0 Å². The maximum absolute atomic E-state index is 5.85. The van der Waals surface area contributed by atoms with Gasteiger partial charge in [0.2, 0.25) is 5.95 Å². The van der Waals surface area contributed by atoms with Crippen molar-refractivity contribution >= 4 is 17.5 Å². The van der Waals surface area contributed by atoms with Crippen molar-refractivity contribution in [1.29, 1.82) is 0 Å². The fourth-order valence-corrected chi connectivity index (χ4v) is 2.06. The smallest absolute Gasteiger partial charge is 0.225 e. The van der Waals surface area contributed by atoms with Crippen molar-refractivity contribution in [3.8, 4) is 0 Å². The predicted octanol–water partition coefficient (Wildman–Crippen LogP) is 2.16. The average molecular weight is 226 g/mol. The minimum atomic E-state index is 0.594. The van der Waals surface area contributed by atoms with Crippen LogP contribution < -0.4 is 4.90 Å². The van der Waals surface area contributed by atoms with Crippen LogP contribution in [0.25, 0.3) is 0 Å². The second kappa shape index (κ2) is 4.35. The Labute approximate surface area is 95.5 Å². The van der Waals surface area contributed by atoms with E-state index < -0.39 is 0 Å². The van der Waals surface area contributed by atoms with E-state index in [9.17, 15) is 0 Å². The molecule has 0 spiro atoms. The Morgan fingerprint density at radius 3 is 2.93 bits per heavy atom. The van der Waals surface area contributed by atoms with Gasteiger partial charge >= 0.3 is 0 Å². The monoisotopic (exact) mass is 225 g/mol. The zero-order valence-corrected chi connectivity index (χ0v) is 9.96. The second-order valence-corrected chi connectivity index (χ2v) is 4.50. The molecule has 0 bridgehead atoms. The van der Waals surface area contributed by atoms with Crippen molar-refractivity contribution in [2.75, 3.05) is 23.9 Å². The molecular weight excluding hydrogens is 210 g/mol. The molecule has 1 fully saturated rings. The topological polar surface area (TPSA) is 29.0 Å². The van der Waals surface area contributed by atoms with Crippen molar-refractivity contribution in [2.24, 2.45) is 5.92 Å². The van der Waals surface area contributed by atoms with Gasteiger partial charge in [-0.3, -0.25) is 0 Å². The zero-order valence-electron chi connectivity index (χ0n) is 9.20. The first kappa shape index (κ1) is 10.7. The van der Waals surface area contributed by atoms with Crippen LogP contribution in [-0.2, 0) is 0 Å². The van der Waals surface area contributed by atoms with Crippen LogP contribution in [0.3, 0.4) is 0 Å². The fraction of sp³-hybridized carbons (Fsp3) is 0.636. The molecule has 1 atom stereocenters. The minimum Gasteiger partial charge on any atom is -0.340 e. The van der Waals surface area contributed by atoms with E-state index in [-0.39, 0.29) is 0 Å². The molecule has 2 rings (SSSR count). The van der Waals surface area contributed by atoms with Crippen molar-refractivity contribution in [3.05, 3.63) is 17.5 Å². The second-order valence-electron chi connectivity index (χ2n) is 4.19. The normalized spacial score (nSPS) is 21.0. The van der Waals surface area contributed by atoms with Gasteiger partial charge in [0, 0.05) is 30.9 Å². The highest BCUT2D eigenvalue weighted by Crippen LogP contribution is 2.21. The Morgan fingerprint density at radius 1 is 1.53 bits per heavy atom. The molecular formula is C11H16ClN3. The summed E-state index contributed by atoms with van der Waals surface area (Å²) in [6.45, 7) is 6.08.